The lowest BCUT2D eigenvalue weighted by Gasteiger charge is -2.16. The maximum atomic E-state index is 13.4. The first-order valence-corrected chi connectivity index (χ1v) is 9.66. The second-order valence-corrected chi connectivity index (χ2v) is 7.19. The summed E-state index contributed by atoms with van der Waals surface area (Å²) in [5.41, 5.74) is 1.33. The number of imide groups is 1. The lowest BCUT2D eigenvalue weighted by molar-refractivity contribution is 0.0649. The molecule has 7 nitrogen and oxygen atoms in total. The second kappa shape index (κ2) is 8.17. The van der Waals surface area contributed by atoms with Crippen LogP contribution in [0.25, 0.3) is 11.3 Å². The van der Waals surface area contributed by atoms with Crippen molar-refractivity contribution in [2.24, 2.45) is 0 Å². The number of benzene rings is 2. The topological polar surface area (TPSA) is 85.2 Å². The summed E-state index contributed by atoms with van der Waals surface area (Å²) in [6.45, 7) is 1.73. The van der Waals surface area contributed by atoms with Crippen LogP contribution < -0.4 is 5.56 Å². The third kappa shape index (κ3) is 3.74. The highest BCUT2D eigenvalue weighted by molar-refractivity contribution is 6.21. The van der Waals surface area contributed by atoms with E-state index in [4.69, 9.17) is 0 Å². The van der Waals surface area contributed by atoms with Gasteiger partial charge in [-0.1, -0.05) is 42.0 Å². The molecule has 0 bridgehead atoms. The van der Waals surface area contributed by atoms with Crippen molar-refractivity contribution in [3.63, 3.8) is 0 Å². The molecule has 0 radical (unpaired) electrons. The number of halogens is 2. The Morgan fingerprint density at radius 2 is 1.48 bits per heavy atom. The number of fused-ring (bicyclic) bond motifs is 1. The van der Waals surface area contributed by atoms with Crippen LogP contribution in [0.4, 0.5) is 8.78 Å². The Balaban J connectivity index is 1.57. The Bertz CT molecular complexity index is 1190. The Morgan fingerprint density at radius 1 is 0.871 bits per heavy atom. The number of carbonyl (C=O) groups is 2. The molecule has 1 aliphatic heterocycles. The highest BCUT2D eigenvalue weighted by Crippen LogP contribution is 2.23. The quantitative estimate of drug-likeness (QED) is 0.567. The molecule has 0 atom stereocenters. The fraction of sp³-hybridized carbons (Fsp3) is 0.227. The van der Waals surface area contributed by atoms with Gasteiger partial charge < -0.3 is 0 Å². The zero-order valence-electron chi connectivity index (χ0n) is 16.6. The Hall–Kier alpha value is -3.75. The first-order chi connectivity index (χ1) is 14.9. The van der Waals surface area contributed by atoms with Crippen LogP contribution in [0.3, 0.4) is 0 Å². The monoisotopic (exact) mass is 424 g/mol. The summed E-state index contributed by atoms with van der Waals surface area (Å²) < 4.78 is 27.8. The number of carbonyl (C=O) groups excluding carboxylic acids is 2. The van der Waals surface area contributed by atoms with Crippen molar-refractivity contribution in [2.45, 2.75) is 26.3 Å². The molecule has 158 valence electrons. The van der Waals surface area contributed by atoms with E-state index in [1.165, 1.54) is 0 Å². The molecular weight excluding hydrogens is 406 g/mol. The highest BCUT2D eigenvalue weighted by atomic mass is 19.3. The SMILES string of the molecule is Cc1ccc(-c2nnc(C(F)F)n(CCCN3C(=O)c4ccccc4C3=O)c2=O)cc1. The average Bonchev–Trinajstić information content (AvgIpc) is 3.00. The third-order valence-corrected chi connectivity index (χ3v) is 5.14. The summed E-state index contributed by atoms with van der Waals surface area (Å²) in [4.78, 5) is 38.9. The lowest BCUT2D eigenvalue weighted by Crippen LogP contribution is -2.33. The van der Waals surface area contributed by atoms with Crippen LogP contribution in [0.1, 0.15) is 45.0 Å². The standard InChI is InChI=1S/C22H18F2N4O3/c1-13-7-9-14(10-8-13)17-22(31)27(19(18(23)24)26-25-17)11-4-12-28-20(29)15-5-2-3-6-16(15)21(28)30/h2-3,5-10,18H,4,11-12H2,1H3. The molecule has 2 aromatic carbocycles. The summed E-state index contributed by atoms with van der Waals surface area (Å²) >= 11 is 0. The Morgan fingerprint density at radius 3 is 2.06 bits per heavy atom. The van der Waals surface area contributed by atoms with Crippen LogP contribution in [-0.4, -0.2) is 38.0 Å². The summed E-state index contributed by atoms with van der Waals surface area (Å²) in [5.74, 6) is -1.62. The van der Waals surface area contributed by atoms with Gasteiger partial charge in [-0.25, -0.2) is 8.78 Å². The maximum absolute atomic E-state index is 13.4. The van der Waals surface area contributed by atoms with Gasteiger partial charge in [0.05, 0.1) is 11.1 Å². The highest BCUT2D eigenvalue weighted by Gasteiger charge is 2.34. The molecule has 31 heavy (non-hydrogen) atoms. The van der Waals surface area contributed by atoms with Crippen LogP contribution in [-0.2, 0) is 6.54 Å². The number of amides is 2. The zero-order valence-corrected chi connectivity index (χ0v) is 16.6. The zero-order chi connectivity index (χ0) is 22.1. The number of aryl methyl sites for hydroxylation is 1. The second-order valence-electron chi connectivity index (χ2n) is 7.19. The van der Waals surface area contributed by atoms with E-state index < -0.39 is 29.6 Å². The van der Waals surface area contributed by atoms with Gasteiger partial charge in [0.2, 0.25) is 5.82 Å². The number of aromatic nitrogens is 3. The van der Waals surface area contributed by atoms with Crippen LogP contribution >= 0.6 is 0 Å². The van der Waals surface area contributed by atoms with Crippen molar-refractivity contribution < 1.29 is 18.4 Å². The fourth-order valence-corrected chi connectivity index (χ4v) is 3.53. The Labute approximate surface area is 176 Å². The molecular formula is C22H18F2N4O3. The van der Waals surface area contributed by atoms with Gasteiger partial charge >= 0.3 is 0 Å². The first-order valence-electron chi connectivity index (χ1n) is 9.66. The van der Waals surface area contributed by atoms with Crippen LogP contribution in [0.2, 0.25) is 0 Å². The normalized spacial score (nSPS) is 13.2. The molecule has 0 N–H and O–H groups in total. The smallest absolute Gasteiger partial charge is 0.288 e. The van der Waals surface area contributed by atoms with Crippen molar-refractivity contribution in [3.05, 3.63) is 81.4 Å². The average molecular weight is 424 g/mol. The van der Waals surface area contributed by atoms with E-state index in [2.05, 4.69) is 10.2 Å². The summed E-state index contributed by atoms with van der Waals surface area (Å²) in [6.07, 6.45) is -2.88. The van der Waals surface area contributed by atoms with Gasteiger partial charge in [0, 0.05) is 18.7 Å². The van der Waals surface area contributed by atoms with E-state index >= 15 is 0 Å². The number of hydrogen-bond acceptors (Lipinski definition) is 5. The van der Waals surface area contributed by atoms with E-state index in [9.17, 15) is 23.2 Å². The van der Waals surface area contributed by atoms with Gasteiger partial charge in [-0.2, -0.15) is 0 Å². The van der Waals surface area contributed by atoms with E-state index in [1.54, 1.807) is 48.5 Å². The van der Waals surface area contributed by atoms with Gasteiger partial charge in [0.25, 0.3) is 23.8 Å². The summed E-state index contributed by atoms with van der Waals surface area (Å²) in [7, 11) is 0. The summed E-state index contributed by atoms with van der Waals surface area (Å²) in [5, 5.41) is 7.28. The van der Waals surface area contributed by atoms with Gasteiger partial charge in [0.1, 0.15) is 0 Å². The molecule has 2 amide bonds. The fourth-order valence-electron chi connectivity index (χ4n) is 3.53. The predicted molar refractivity (Wildman–Crippen MR) is 108 cm³/mol. The van der Waals surface area contributed by atoms with E-state index in [1.807, 2.05) is 6.92 Å². The number of rotatable bonds is 6. The minimum absolute atomic E-state index is 0.0103. The molecule has 1 aliphatic rings. The molecule has 1 aromatic heterocycles. The van der Waals surface area contributed by atoms with E-state index in [0.717, 1.165) is 15.0 Å². The minimum Gasteiger partial charge on any atom is -0.288 e. The molecule has 9 heteroatoms. The maximum Gasteiger partial charge on any atom is 0.297 e. The molecule has 0 fully saturated rings. The predicted octanol–water partition coefficient (Wildman–Crippen LogP) is 3.24. The molecule has 0 unspecified atom stereocenters. The molecule has 4 rings (SSSR count). The molecule has 2 heterocycles. The minimum atomic E-state index is -2.99. The molecule has 0 spiro atoms. The Kier molecular flexibility index (Phi) is 5.41. The molecule has 3 aromatic rings. The first kappa shape index (κ1) is 20.5. The van der Waals surface area contributed by atoms with Gasteiger partial charge in [-0.05, 0) is 25.5 Å². The van der Waals surface area contributed by atoms with Gasteiger partial charge in [0.15, 0.2) is 5.69 Å². The molecule has 0 aliphatic carbocycles. The van der Waals surface area contributed by atoms with Crippen LogP contribution in [0, 0.1) is 6.92 Å². The lowest BCUT2D eigenvalue weighted by atomic mass is 10.1. The van der Waals surface area contributed by atoms with Crippen molar-refractivity contribution in [3.8, 4) is 11.3 Å². The number of nitrogens with zero attached hydrogens (tertiary/aromatic N) is 4. The molecule has 0 saturated carbocycles. The van der Waals surface area contributed by atoms with Crippen molar-refractivity contribution >= 4 is 11.8 Å². The van der Waals surface area contributed by atoms with Gasteiger partial charge in [-0.15, -0.1) is 10.2 Å². The van der Waals surface area contributed by atoms with Crippen LogP contribution in [0.5, 0.6) is 0 Å². The van der Waals surface area contributed by atoms with Crippen LogP contribution in [0.15, 0.2) is 53.3 Å². The van der Waals surface area contributed by atoms with Crippen molar-refractivity contribution in [2.75, 3.05) is 6.54 Å². The summed E-state index contributed by atoms with van der Waals surface area (Å²) in [6, 6.07) is 13.4. The van der Waals surface area contributed by atoms with E-state index in [-0.39, 0.29) is 25.2 Å². The number of alkyl halides is 2. The van der Waals surface area contributed by atoms with E-state index in [0.29, 0.717) is 16.7 Å². The van der Waals surface area contributed by atoms with Gasteiger partial charge in [-0.3, -0.25) is 23.9 Å². The third-order valence-electron chi connectivity index (χ3n) is 5.14. The molecule has 0 saturated heterocycles. The number of hydrogen-bond donors (Lipinski definition) is 0. The largest absolute Gasteiger partial charge is 0.297 e. The van der Waals surface area contributed by atoms with Crippen molar-refractivity contribution in [1.82, 2.24) is 19.7 Å². The van der Waals surface area contributed by atoms with Crippen molar-refractivity contribution in [1.29, 1.82) is 0 Å².